The SMILES string of the molecule is CC(C)(C)C[C@@H]1N[C@H](OC(=O)NCCCn2ccnc2)[C@H](c2cccc(Cl)c2F)[C@@]1(C#N)c1ccc(Cl)cc1. The number of aromatic nitrogens is 2. The van der Waals surface area contributed by atoms with E-state index in [1.165, 1.54) is 6.07 Å². The van der Waals surface area contributed by atoms with Crippen LogP contribution in [0.15, 0.2) is 61.2 Å². The van der Waals surface area contributed by atoms with Gasteiger partial charge in [0.2, 0.25) is 0 Å². The summed E-state index contributed by atoms with van der Waals surface area (Å²) < 4.78 is 23.4. The topological polar surface area (TPSA) is 92.0 Å². The van der Waals surface area contributed by atoms with E-state index in [4.69, 9.17) is 27.9 Å². The van der Waals surface area contributed by atoms with Crippen molar-refractivity contribution >= 4 is 29.3 Å². The largest absolute Gasteiger partial charge is 0.430 e. The standard InChI is InChI=1S/C29H32Cl2FN5O2/c1-28(2,3)16-23-29(17-33,19-8-10-20(30)11-9-19)24(21-6-4-7-22(31)25(21)32)26(36-23)39-27(38)35-12-5-14-37-15-13-34-18-37/h4,6-11,13,15,18,23-24,26,36H,5,12,14,16H2,1-3H3,(H,35,38)/t23-,24-,26+,29-/m0/s1. The van der Waals surface area contributed by atoms with Gasteiger partial charge in [-0.3, -0.25) is 5.32 Å². The molecule has 1 saturated heterocycles. The van der Waals surface area contributed by atoms with Crippen molar-refractivity contribution < 1.29 is 13.9 Å². The number of hydrogen-bond donors (Lipinski definition) is 2. The third kappa shape index (κ3) is 6.38. The number of nitrogens with zero attached hydrogens (tertiary/aromatic N) is 3. The quantitative estimate of drug-likeness (QED) is 0.304. The first-order chi connectivity index (χ1) is 18.5. The second-order valence-electron chi connectivity index (χ2n) is 11.0. The van der Waals surface area contributed by atoms with E-state index in [9.17, 15) is 10.1 Å². The number of ether oxygens (including phenoxy) is 1. The lowest BCUT2D eigenvalue weighted by Gasteiger charge is -2.37. The lowest BCUT2D eigenvalue weighted by molar-refractivity contribution is 0.0738. The zero-order valence-electron chi connectivity index (χ0n) is 22.1. The lowest BCUT2D eigenvalue weighted by Crippen LogP contribution is -2.44. The molecule has 0 bridgehead atoms. The average Bonchev–Trinajstić information content (AvgIpc) is 3.50. The predicted molar refractivity (Wildman–Crippen MR) is 149 cm³/mol. The van der Waals surface area contributed by atoms with Crippen LogP contribution in [0.4, 0.5) is 9.18 Å². The van der Waals surface area contributed by atoms with Crippen LogP contribution >= 0.6 is 23.2 Å². The van der Waals surface area contributed by atoms with Gasteiger partial charge in [-0.15, -0.1) is 0 Å². The first-order valence-electron chi connectivity index (χ1n) is 12.8. The molecule has 1 aromatic heterocycles. The smallest absolute Gasteiger partial charge is 0.408 e. The number of nitrogens with one attached hydrogen (secondary N) is 2. The zero-order valence-corrected chi connectivity index (χ0v) is 23.6. The maximum Gasteiger partial charge on any atom is 0.408 e. The molecule has 1 aliphatic rings. The van der Waals surface area contributed by atoms with Gasteiger partial charge in [0.25, 0.3) is 0 Å². The first kappa shape index (κ1) is 28.9. The number of aryl methyl sites for hydroxylation is 1. The van der Waals surface area contributed by atoms with Gasteiger partial charge in [-0.25, -0.2) is 14.2 Å². The number of carbonyl (C=O) groups excluding carboxylic acids is 1. The molecule has 3 aromatic rings. The van der Waals surface area contributed by atoms with Crippen LogP contribution in [-0.2, 0) is 16.7 Å². The van der Waals surface area contributed by atoms with Crippen LogP contribution in [0.3, 0.4) is 0 Å². The molecule has 0 saturated carbocycles. The van der Waals surface area contributed by atoms with Crippen LogP contribution in [0.2, 0.25) is 10.0 Å². The average molecular weight is 573 g/mol. The number of carbonyl (C=O) groups is 1. The highest BCUT2D eigenvalue weighted by Crippen LogP contribution is 2.52. The fourth-order valence-corrected chi connectivity index (χ4v) is 5.64. The van der Waals surface area contributed by atoms with E-state index in [0.717, 1.165) is 0 Å². The van der Waals surface area contributed by atoms with Gasteiger partial charge in [-0.1, -0.05) is 68.2 Å². The molecule has 4 rings (SSSR count). The number of amides is 1. The predicted octanol–water partition coefficient (Wildman–Crippen LogP) is 6.42. The van der Waals surface area contributed by atoms with Crippen LogP contribution in [0.1, 0.15) is 50.7 Å². The Morgan fingerprint density at radius 1 is 1.26 bits per heavy atom. The minimum Gasteiger partial charge on any atom is -0.430 e. The molecule has 2 heterocycles. The highest BCUT2D eigenvalue weighted by atomic mass is 35.5. The summed E-state index contributed by atoms with van der Waals surface area (Å²) in [6, 6.07) is 13.7. The van der Waals surface area contributed by atoms with Gasteiger partial charge in [-0.05, 0) is 47.6 Å². The van der Waals surface area contributed by atoms with Crippen molar-refractivity contribution in [1.82, 2.24) is 20.2 Å². The fraction of sp³-hybridized carbons (Fsp3) is 0.414. The molecule has 0 spiro atoms. The number of imidazole rings is 1. The summed E-state index contributed by atoms with van der Waals surface area (Å²) >= 11 is 12.4. The fourth-order valence-electron chi connectivity index (χ4n) is 5.33. The monoisotopic (exact) mass is 571 g/mol. The Balaban J connectivity index is 1.70. The molecule has 39 heavy (non-hydrogen) atoms. The molecule has 0 radical (unpaired) electrons. The maximum absolute atomic E-state index is 15.6. The summed E-state index contributed by atoms with van der Waals surface area (Å²) in [5.41, 5.74) is -0.655. The van der Waals surface area contributed by atoms with Gasteiger partial charge >= 0.3 is 6.09 Å². The van der Waals surface area contributed by atoms with Crippen molar-refractivity contribution in [3.8, 4) is 6.07 Å². The van der Waals surface area contributed by atoms with Crippen LogP contribution in [-0.4, -0.2) is 34.5 Å². The lowest BCUT2D eigenvalue weighted by atomic mass is 9.64. The molecule has 4 atom stereocenters. The molecule has 0 aliphatic carbocycles. The first-order valence-corrected chi connectivity index (χ1v) is 13.6. The molecule has 2 N–H and O–H groups in total. The van der Waals surface area contributed by atoms with E-state index in [1.54, 1.807) is 48.9 Å². The molecular formula is C29H32Cl2FN5O2. The zero-order chi connectivity index (χ0) is 28.2. The summed E-state index contributed by atoms with van der Waals surface area (Å²) in [4.78, 5) is 17.0. The van der Waals surface area contributed by atoms with Crippen LogP contribution in [0, 0.1) is 22.6 Å². The van der Waals surface area contributed by atoms with E-state index >= 15 is 4.39 Å². The molecule has 10 heteroatoms. The molecule has 2 aromatic carbocycles. The Labute approximate surface area is 238 Å². The van der Waals surface area contributed by atoms with Gasteiger partial charge in [0.15, 0.2) is 6.23 Å². The second kappa shape index (κ2) is 12.0. The molecule has 206 valence electrons. The molecule has 1 amide bonds. The van der Waals surface area contributed by atoms with Crippen LogP contribution < -0.4 is 10.6 Å². The molecular weight excluding hydrogens is 540 g/mol. The van der Waals surface area contributed by atoms with Gasteiger partial charge in [0, 0.05) is 36.5 Å². The number of rotatable bonds is 8. The summed E-state index contributed by atoms with van der Waals surface area (Å²) in [6.07, 6.45) is 4.79. The van der Waals surface area contributed by atoms with Gasteiger partial charge in [0.1, 0.15) is 11.2 Å². The Kier molecular flexibility index (Phi) is 8.85. The maximum atomic E-state index is 15.6. The van der Waals surface area contributed by atoms with Crippen molar-refractivity contribution in [3.05, 3.63) is 88.2 Å². The van der Waals surface area contributed by atoms with Crippen LogP contribution in [0.25, 0.3) is 0 Å². The number of alkyl carbamates (subject to hydrolysis) is 1. The molecule has 0 unspecified atom stereocenters. The number of hydrogen-bond acceptors (Lipinski definition) is 5. The summed E-state index contributed by atoms with van der Waals surface area (Å²) in [6.45, 7) is 7.24. The summed E-state index contributed by atoms with van der Waals surface area (Å²) in [5.74, 6) is -1.54. The van der Waals surface area contributed by atoms with Crippen molar-refractivity contribution in [1.29, 1.82) is 5.26 Å². The van der Waals surface area contributed by atoms with E-state index < -0.39 is 35.5 Å². The molecule has 7 nitrogen and oxygen atoms in total. The third-order valence-corrected chi connectivity index (χ3v) is 7.55. The third-order valence-electron chi connectivity index (χ3n) is 7.00. The van der Waals surface area contributed by atoms with Crippen molar-refractivity contribution in [2.75, 3.05) is 6.54 Å². The van der Waals surface area contributed by atoms with Crippen molar-refractivity contribution in [3.63, 3.8) is 0 Å². The Bertz CT molecular complexity index is 1320. The van der Waals surface area contributed by atoms with E-state index in [1.807, 2.05) is 10.8 Å². The minimum absolute atomic E-state index is 0.0718. The Morgan fingerprint density at radius 2 is 2.00 bits per heavy atom. The normalized spacial score (nSPS) is 22.8. The van der Waals surface area contributed by atoms with Crippen molar-refractivity contribution in [2.45, 2.75) is 63.8 Å². The Hall–Kier alpha value is -3.12. The number of benzene rings is 2. The minimum atomic E-state index is -1.30. The molecule has 1 fully saturated rings. The van der Waals surface area contributed by atoms with Gasteiger partial charge < -0.3 is 14.6 Å². The summed E-state index contributed by atoms with van der Waals surface area (Å²) in [5, 5.41) is 17.5. The summed E-state index contributed by atoms with van der Waals surface area (Å²) in [7, 11) is 0. The Morgan fingerprint density at radius 3 is 2.64 bits per heavy atom. The highest BCUT2D eigenvalue weighted by Gasteiger charge is 2.60. The second-order valence-corrected chi connectivity index (χ2v) is 11.8. The van der Waals surface area contributed by atoms with Crippen molar-refractivity contribution in [2.24, 2.45) is 5.41 Å². The van der Waals surface area contributed by atoms with Crippen LogP contribution in [0.5, 0.6) is 0 Å². The number of halogens is 3. The number of nitriles is 1. The van der Waals surface area contributed by atoms with Gasteiger partial charge in [-0.2, -0.15) is 5.26 Å². The molecule has 1 aliphatic heterocycles. The van der Waals surface area contributed by atoms with E-state index in [2.05, 4.69) is 42.5 Å². The highest BCUT2D eigenvalue weighted by molar-refractivity contribution is 6.31. The van der Waals surface area contributed by atoms with Gasteiger partial charge in [0.05, 0.1) is 23.3 Å². The van der Waals surface area contributed by atoms with E-state index in [0.29, 0.717) is 36.5 Å². The van der Waals surface area contributed by atoms with E-state index in [-0.39, 0.29) is 16.0 Å².